The first-order valence-corrected chi connectivity index (χ1v) is 9.17. The van der Waals surface area contributed by atoms with Gasteiger partial charge in [0.15, 0.2) is 0 Å². The van der Waals surface area contributed by atoms with Crippen molar-refractivity contribution in [1.29, 1.82) is 0 Å². The van der Waals surface area contributed by atoms with Gasteiger partial charge in [-0.3, -0.25) is 9.78 Å². The zero-order valence-corrected chi connectivity index (χ0v) is 15.3. The molecule has 1 atom stereocenters. The molecule has 1 fully saturated rings. The van der Waals surface area contributed by atoms with Crippen LogP contribution in [0.15, 0.2) is 30.6 Å². The Kier molecular flexibility index (Phi) is 5.41. The lowest BCUT2D eigenvalue weighted by molar-refractivity contribution is -0.134. The summed E-state index contributed by atoms with van der Waals surface area (Å²) in [7, 11) is 0. The summed E-state index contributed by atoms with van der Waals surface area (Å²) in [6, 6.07) is 5.87. The monoisotopic (exact) mass is 338 g/mol. The highest BCUT2D eigenvalue weighted by Gasteiger charge is 2.32. The van der Waals surface area contributed by atoms with E-state index in [0.29, 0.717) is 0 Å². The van der Waals surface area contributed by atoms with E-state index in [-0.39, 0.29) is 17.7 Å². The number of hydrogen-bond donors (Lipinski definition) is 0. The first-order valence-electron chi connectivity index (χ1n) is 9.17. The maximum Gasteiger partial charge on any atom is 0.225 e. The number of likely N-dealkylation sites (tertiary alicyclic amines) is 1. The van der Waals surface area contributed by atoms with Crippen molar-refractivity contribution in [3.63, 3.8) is 0 Å². The summed E-state index contributed by atoms with van der Waals surface area (Å²) in [5, 5.41) is 0. The zero-order chi connectivity index (χ0) is 17.8. The molecule has 5 heteroatoms. The summed E-state index contributed by atoms with van der Waals surface area (Å²) in [5.41, 5.74) is 2.89. The standard InChI is InChI=1S/C20H26N4O/c1-4-15(5-2)20(25)24-11-9-16(13-24)19-17(12-22-14(3)23-19)18-8-6-7-10-21-18/h6-8,10,12,15-16H,4-5,9,11,13H2,1-3H3. The van der Waals surface area contributed by atoms with Crippen LogP contribution < -0.4 is 0 Å². The van der Waals surface area contributed by atoms with E-state index in [1.807, 2.05) is 36.2 Å². The Balaban J connectivity index is 1.86. The Morgan fingerprint density at radius 1 is 1.28 bits per heavy atom. The number of carbonyl (C=O) groups is 1. The largest absolute Gasteiger partial charge is 0.342 e. The summed E-state index contributed by atoms with van der Waals surface area (Å²) in [4.78, 5) is 28.2. The van der Waals surface area contributed by atoms with Gasteiger partial charge in [-0.1, -0.05) is 19.9 Å². The Labute approximate surface area is 149 Å². The Hall–Kier alpha value is -2.30. The van der Waals surface area contributed by atoms with Crippen molar-refractivity contribution in [1.82, 2.24) is 19.9 Å². The predicted molar refractivity (Wildman–Crippen MR) is 98.0 cm³/mol. The SMILES string of the molecule is CCC(CC)C(=O)N1CCC(c2nc(C)ncc2-c2ccccn2)C1. The number of carbonyl (C=O) groups excluding carboxylic acids is 1. The van der Waals surface area contributed by atoms with Gasteiger partial charge in [0.05, 0.1) is 11.4 Å². The molecule has 0 bridgehead atoms. The van der Waals surface area contributed by atoms with Crippen LogP contribution >= 0.6 is 0 Å². The molecule has 2 aromatic heterocycles. The highest BCUT2D eigenvalue weighted by molar-refractivity contribution is 5.79. The van der Waals surface area contributed by atoms with Crippen LogP contribution in [-0.4, -0.2) is 38.8 Å². The van der Waals surface area contributed by atoms with Gasteiger partial charge < -0.3 is 4.90 Å². The van der Waals surface area contributed by atoms with E-state index >= 15 is 0 Å². The van der Waals surface area contributed by atoms with E-state index < -0.39 is 0 Å². The van der Waals surface area contributed by atoms with Gasteiger partial charge in [-0.25, -0.2) is 9.97 Å². The average molecular weight is 338 g/mol. The average Bonchev–Trinajstić information content (AvgIpc) is 3.13. The Morgan fingerprint density at radius 3 is 2.76 bits per heavy atom. The maximum atomic E-state index is 12.7. The number of nitrogens with zero attached hydrogens (tertiary/aromatic N) is 4. The second kappa shape index (κ2) is 7.72. The van der Waals surface area contributed by atoms with Gasteiger partial charge in [0.1, 0.15) is 5.82 Å². The van der Waals surface area contributed by atoms with Crippen LogP contribution in [0.3, 0.4) is 0 Å². The number of aromatic nitrogens is 3. The van der Waals surface area contributed by atoms with Gasteiger partial charge >= 0.3 is 0 Å². The first-order chi connectivity index (χ1) is 12.1. The quantitative estimate of drug-likeness (QED) is 0.836. The molecule has 0 N–H and O–H groups in total. The number of pyridine rings is 1. The molecule has 1 aliphatic heterocycles. The molecule has 0 saturated carbocycles. The normalized spacial score (nSPS) is 17.3. The van der Waals surface area contributed by atoms with E-state index in [2.05, 4.69) is 23.8 Å². The highest BCUT2D eigenvalue weighted by Crippen LogP contribution is 2.33. The molecule has 3 heterocycles. The minimum atomic E-state index is 0.140. The van der Waals surface area contributed by atoms with Crippen LogP contribution in [-0.2, 0) is 4.79 Å². The number of amides is 1. The van der Waals surface area contributed by atoms with Crippen molar-refractivity contribution < 1.29 is 4.79 Å². The molecule has 1 amide bonds. The van der Waals surface area contributed by atoms with Crippen LogP contribution in [0.25, 0.3) is 11.3 Å². The molecule has 1 aliphatic rings. The molecule has 0 radical (unpaired) electrons. The van der Waals surface area contributed by atoms with Gasteiger partial charge in [0.2, 0.25) is 5.91 Å². The Bertz CT molecular complexity index is 728. The van der Waals surface area contributed by atoms with Crippen molar-refractivity contribution in [2.24, 2.45) is 5.92 Å². The van der Waals surface area contributed by atoms with E-state index in [1.165, 1.54) is 0 Å². The molecule has 25 heavy (non-hydrogen) atoms. The molecule has 5 nitrogen and oxygen atoms in total. The molecular weight excluding hydrogens is 312 g/mol. The molecule has 0 aromatic carbocycles. The fourth-order valence-corrected chi connectivity index (χ4v) is 3.60. The Morgan fingerprint density at radius 2 is 2.08 bits per heavy atom. The van der Waals surface area contributed by atoms with Crippen molar-refractivity contribution >= 4 is 5.91 Å². The summed E-state index contributed by atoms with van der Waals surface area (Å²) >= 11 is 0. The van der Waals surface area contributed by atoms with Crippen molar-refractivity contribution in [2.75, 3.05) is 13.1 Å². The lowest BCUT2D eigenvalue weighted by Gasteiger charge is -2.22. The first kappa shape index (κ1) is 17.5. The van der Waals surface area contributed by atoms with E-state index in [4.69, 9.17) is 4.98 Å². The molecule has 0 spiro atoms. The molecule has 1 unspecified atom stereocenters. The van der Waals surface area contributed by atoms with Crippen LogP contribution in [0.4, 0.5) is 0 Å². The molecule has 132 valence electrons. The van der Waals surface area contributed by atoms with E-state index in [9.17, 15) is 4.79 Å². The topological polar surface area (TPSA) is 59.0 Å². The van der Waals surface area contributed by atoms with Crippen LogP contribution in [0.1, 0.15) is 50.5 Å². The van der Waals surface area contributed by atoms with Gasteiger partial charge in [0.25, 0.3) is 0 Å². The van der Waals surface area contributed by atoms with Crippen molar-refractivity contribution in [3.8, 4) is 11.3 Å². The second-order valence-corrected chi connectivity index (χ2v) is 6.71. The van der Waals surface area contributed by atoms with Gasteiger partial charge in [0, 0.05) is 42.9 Å². The molecule has 1 saturated heterocycles. The number of aryl methyl sites for hydroxylation is 1. The summed E-state index contributed by atoms with van der Waals surface area (Å²) < 4.78 is 0. The molecule has 3 rings (SSSR count). The van der Waals surface area contributed by atoms with Crippen LogP contribution in [0, 0.1) is 12.8 Å². The number of hydrogen-bond acceptors (Lipinski definition) is 4. The molecular formula is C20H26N4O. The maximum absolute atomic E-state index is 12.7. The van der Waals surface area contributed by atoms with Crippen LogP contribution in [0.5, 0.6) is 0 Å². The summed E-state index contributed by atoms with van der Waals surface area (Å²) in [5.74, 6) is 1.44. The molecule has 2 aromatic rings. The fraction of sp³-hybridized carbons (Fsp3) is 0.500. The van der Waals surface area contributed by atoms with Gasteiger partial charge in [-0.2, -0.15) is 0 Å². The highest BCUT2D eigenvalue weighted by atomic mass is 16.2. The number of rotatable bonds is 5. The minimum Gasteiger partial charge on any atom is -0.342 e. The third-order valence-electron chi connectivity index (χ3n) is 5.10. The zero-order valence-electron chi connectivity index (χ0n) is 15.3. The lowest BCUT2D eigenvalue weighted by Crippen LogP contribution is -2.34. The van der Waals surface area contributed by atoms with E-state index in [0.717, 1.165) is 55.1 Å². The van der Waals surface area contributed by atoms with Crippen LogP contribution in [0.2, 0.25) is 0 Å². The molecule has 0 aliphatic carbocycles. The van der Waals surface area contributed by atoms with E-state index in [1.54, 1.807) is 6.20 Å². The second-order valence-electron chi connectivity index (χ2n) is 6.71. The predicted octanol–water partition coefficient (Wildman–Crippen LogP) is 3.60. The third-order valence-corrected chi connectivity index (χ3v) is 5.10. The fourth-order valence-electron chi connectivity index (χ4n) is 3.60. The van der Waals surface area contributed by atoms with Crippen molar-refractivity contribution in [3.05, 3.63) is 42.1 Å². The minimum absolute atomic E-state index is 0.140. The summed E-state index contributed by atoms with van der Waals surface area (Å²) in [6.07, 6.45) is 6.41. The lowest BCUT2D eigenvalue weighted by atomic mass is 9.98. The summed E-state index contributed by atoms with van der Waals surface area (Å²) in [6.45, 7) is 7.64. The smallest absolute Gasteiger partial charge is 0.225 e. The third kappa shape index (κ3) is 3.70. The van der Waals surface area contributed by atoms with Gasteiger partial charge in [-0.15, -0.1) is 0 Å². The van der Waals surface area contributed by atoms with Gasteiger partial charge in [-0.05, 0) is 38.3 Å². The van der Waals surface area contributed by atoms with Crippen molar-refractivity contribution in [2.45, 2.75) is 46.0 Å².